The minimum atomic E-state index is 0. The molecule has 0 fully saturated rings. The molecule has 0 unspecified atom stereocenters. The first kappa shape index (κ1) is 22.2. The predicted octanol–water partition coefficient (Wildman–Crippen LogP) is 3.42. The van der Waals surface area contributed by atoms with Crippen LogP contribution in [0.5, 0.6) is 0 Å². The van der Waals surface area contributed by atoms with Crippen molar-refractivity contribution in [2.24, 2.45) is 4.99 Å². The van der Waals surface area contributed by atoms with E-state index in [1.165, 1.54) is 0 Å². The Labute approximate surface area is 186 Å². The second-order valence-corrected chi connectivity index (χ2v) is 7.22. The van der Waals surface area contributed by atoms with E-state index in [1.54, 1.807) is 18.4 Å². The fourth-order valence-electron chi connectivity index (χ4n) is 2.64. The van der Waals surface area contributed by atoms with Gasteiger partial charge in [0, 0.05) is 33.6 Å². The van der Waals surface area contributed by atoms with Crippen LogP contribution in [0.15, 0.2) is 46.9 Å². The molecule has 3 rings (SSSR count). The zero-order valence-corrected chi connectivity index (χ0v) is 19.7. The van der Waals surface area contributed by atoms with Crippen molar-refractivity contribution < 1.29 is 0 Å². The topological polar surface area (TPSA) is 72.4 Å². The lowest BCUT2D eigenvalue weighted by molar-refractivity contribution is 0.463. The summed E-state index contributed by atoms with van der Waals surface area (Å²) in [6, 6.07) is 10.2. The SMILES string of the molecule is CN=C(NCc1csc(N(C)C)n1)N(C)Cc1ncc(-c2ccccc2)[nH]1.I. The molecule has 1 aromatic carbocycles. The van der Waals surface area contributed by atoms with Crippen LogP contribution in [0, 0.1) is 0 Å². The number of halogens is 1. The van der Waals surface area contributed by atoms with Crippen molar-refractivity contribution in [2.45, 2.75) is 13.1 Å². The van der Waals surface area contributed by atoms with Crippen LogP contribution in [-0.2, 0) is 13.1 Å². The second-order valence-electron chi connectivity index (χ2n) is 6.38. The molecule has 7 nitrogen and oxygen atoms in total. The van der Waals surface area contributed by atoms with Gasteiger partial charge in [0.1, 0.15) is 5.82 Å². The maximum absolute atomic E-state index is 4.59. The number of nitrogens with zero attached hydrogens (tertiary/aromatic N) is 5. The molecule has 150 valence electrons. The van der Waals surface area contributed by atoms with E-state index in [0.717, 1.165) is 33.9 Å². The highest BCUT2D eigenvalue weighted by atomic mass is 127. The standard InChI is InChI=1S/C19H25N7S.HI/c1-20-18(22-10-15-13-27-19(23-15)25(2)3)26(4)12-17-21-11-16(24-17)14-8-6-5-7-9-14;/h5-9,11,13H,10,12H2,1-4H3,(H,20,22)(H,21,24);1H. The Kier molecular flexibility index (Phi) is 8.24. The van der Waals surface area contributed by atoms with Gasteiger partial charge in [-0.1, -0.05) is 30.3 Å². The van der Waals surface area contributed by atoms with Crippen LogP contribution < -0.4 is 10.2 Å². The van der Waals surface area contributed by atoms with E-state index in [4.69, 9.17) is 0 Å². The first-order chi connectivity index (χ1) is 13.1. The minimum Gasteiger partial charge on any atom is -0.354 e. The first-order valence-corrected chi connectivity index (χ1v) is 9.57. The number of anilines is 1. The summed E-state index contributed by atoms with van der Waals surface area (Å²) >= 11 is 1.63. The highest BCUT2D eigenvalue weighted by Crippen LogP contribution is 2.18. The van der Waals surface area contributed by atoms with Gasteiger partial charge in [-0.15, -0.1) is 35.3 Å². The Morgan fingerprint density at radius 2 is 1.96 bits per heavy atom. The molecule has 0 aliphatic heterocycles. The summed E-state index contributed by atoms with van der Waals surface area (Å²) in [6.07, 6.45) is 1.87. The summed E-state index contributed by atoms with van der Waals surface area (Å²) in [5, 5.41) is 6.42. The quantitative estimate of drug-likeness (QED) is 0.302. The molecule has 2 aromatic heterocycles. The molecule has 0 aliphatic carbocycles. The third-order valence-corrected chi connectivity index (χ3v) is 5.08. The zero-order chi connectivity index (χ0) is 19.2. The number of imidazole rings is 1. The Morgan fingerprint density at radius 3 is 2.61 bits per heavy atom. The summed E-state index contributed by atoms with van der Waals surface area (Å²) in [7, 11) is 7.76. The smallest absolute Gasteiger partial charge is 0.194 e. The monoisotopic (exact) mass is 511 g/mol. The van der Waals surface area contributed by atoms with Crippen LogP contribution in [0.4, 0.5) is 5.13 Å². The van der Waals surface area contributed by atoms with Crippen LogP contribution in [0.1, 0.15) is 11.5 Å². The summed E-state index contributed by atoms with van der Waals surface area (Å²) < 4.78 is 0. The van der Waals surface area contributed by atoms with Crippen molar-refractivity contribution in [1.82, 2.24) is 25.2 Å². The van der Waals surface area contributed by atoms with Gasteiger partial charge in [-0.05, 0) is 5.56 Å². The Morgan fingerprint density at radius 1 is 1.21 bits per heavy atom. The van der Waals surface area contributed by atoms with E-state index >= 15 is 0 Å². The predicted molar refractivity (Wildman–Crippen MR) is 128 cm³/mol. The molecule has 0 atom stereocenters. The van der Waals surface area contributed by atoms with Crippen LogP contribution in [-0.4, -0.2) is 54.0 Å². The number of guanidine groups is 1. The first-order valence-electron chi connectivity index (χ1n) is 8.69. The average Bonchev–Trinajstić information content (AvgIpc) is 3.33. The van der Waals surface area contributed by atoms with Crippen LogP contribution >= 0.6 is 35.3 Å². The van der Waals surface area contributed by atoms with Crippen molar-refractivity contribution in [3.63, 3.8) is 0 Å². The molecule has 28 heavy (non-hydrogen) atoms. The lowest BCUT2D eigenvalue weighted by atomic mass is 10.2. The van der Waals surface area contributed by atoms with Crippen molar-refractivity contribution in [1.29, 1.82) is 0 Å². The molecular weight excluding hydrogens is 485 g/mol. The number of thiazole rings is 1. The van der Waals surface area contributed by atoms with Crippen LogP contribution in [0.3, 0.4) is 0 Å². The molecule has 2 heterocycles. The van der Waals surface area contributed by atoms with Gasteiger partial charge in [0.2, 0.25) is 0 Å². The normalized spacial score (nSPS) is 11.1. The van der Waals surface area contributed by atoms with Crippen molar-refractivity contribution in [3.05, 3.63) is 53.4 Å². The van der Waals surface area contributed by atoms with E-state index in [2.05, 4.69) is 42.8 Å². The van der Waals surface area contributed by atoms with Crippen LogP contribution in [0.2, 0.25) is 0 Å². The van der Waals surface area contributed by atoms with E-state index in [9.17, 15) is 0 Å². The number of H-pyrrole nitrogens is 1. The Balaban J connectivity index is 0.00000280. The molecule has 3 aromatic rings. The van der Waals surface area contributed by atoms with Gasteiger partial charge in [0.05, 0.1) is 30.7 Å². The fourth-order valence-corrected chi connectivity index (χ4v) is 3.40. The van der Waals surface area contributed by atoms with Gasteiger partial charge in [-0.3, -0.25) is 4.99 Å². The Hall–Kier alpha value is -2.14. The van der Waals surface area contributed by atoms with E-state index < -0.39 is 0 Å². The summed E-state index contributed by atoms with van der Waals surface area (Å²) in [4.78, 5) is 20.9. The molecular formula is C19H26IN7S. The molecule has 0 saturated carbocycles. The van der Waals surface area contributed by atoms with E-state index in [1.807, 2.05) is 55.3 Å². The number of aromatic nitrogens is 3. The van der Waals surface area contributed by atoms with Gasteiger partial charge in [-0.2, -0.15) is 0 Å². The zero-order valence-electron chi connectivity index (χ0n) is 16.5. The largest absolute Gasteiger partial charge is 0.354 e. The number of aliphatic imine (C=N–C) groups is 1. The number of nitrogens with one attached hydrogen (secondary N) is 2. The van der Waals surface area contributed by atoms with Gasteiger partial charge in [-0.25, -0.2) is 9.97 Å². The molecule has 0 bridgehead atoms. The average molecular weight is 511 g/mol. The van der Waals surface area contributed by atoms with Crippen molar-refractivity contribution in [2.75, 3.05) is 33.1 Å². The third-order valence-electron chi connectivity index (χ3n) is 4.02. The highest BCUT2D eigenvalue weighted by molar-refractivity contribution is 14.0. The molecule has 0 aliphatic rings. The van der Waals surface area contributed by atoms with Gasteiger partial charge >= 0.3 is 0 Å². The molecule has 0 radical (unpaired) electrons. The fraction of sp³-hybridized carbons (Fsp3) is 0.316. The van der Waals surface area contributed by atoms with Crippen molar-refractivity contribution >= 4 is 46.4 Å². The maximum atomic E-state index is 4.59. The van der Waals surface area contributed by atoms with Gasteiger partial charge in [0.15, 0.2) is 11.1 Å². The highest BCUT2D eigenvalue weighted by Gasteiger charge is 2.11. The molecule has 0 amide bonds. The number of aromatic amines is 1. The third kappa shape index (κ3) is 5.68. The number of benzene rings is 1. The summed E-state index contributed by atoms with van der Waals surface area (Å²) in [5.41, 5.74) is 3.14. The lowest BCUT2D eigenvalue weighted by Crippen LogP contribution is -2.38. The Bertz CT molecular complexity index is 889. The van der Waals surface area contributed by atoms with E-state index in [-0.39, 0.29) is 24.0 Å². The van der Waals surface area contributed by atoms with Gasteiger partial charge < -0.3 is 20.1 Å². The van der Waals surface area contributed by atoms with Crippen molar-refractivity contribution in [3.8, 4) is 11.3 Å². The maximum Gasteiger partial charge on any atom is 0.194 e. The summed E-state index contributed by atoms with van der Waals surface area (Å²) in [6.45, 7) is 1.27. The molecule has 9 heteroatoms. The van der Waals surface area contributed by atoms with Gasteiger partial charge in [0.25, 0.3) is 0 Å². The molecule has 2 N–H and O–H groups in total. The number of hydrogen-bond acceptors (Lipinski definition) is 5. The van der Waals surface area contributed by atoms with Crippen LogP contribution in [0.25, 0.3) is 11.3 Å². The molecule has 0 spiro atoms. The van der Waals surface area contributed by atoms with E-state index in [0.29, 0.717) is 13.1 Å². The second kappa shape index (κ2) is 10.4. The number of rotatable bonds is 6. The summed E-state index contributed by atoms with van der Waals surface area (Å²) in [5.74, 6) is 1.69. The lowest BCUT2D eigenvalue weighted by Gasteiger charge is -2.20. The minimum absolute atomic E-state index is 0. The molecule has 0 saturated heterocycles. The number of hydrogen-bond donors (Lipinski definition) is 2.